The second-order valence-corrected chi connectivity index (χ2v) is 5.68. The fraction of sp³-hybridized carbons (Fsp3) is 0.0769. The van der Waals surface area contributed by atoms with Gasteiger partial charge in [-0.15, -0.1) is 0 Å². The average Bonchev–Trinajstić information content (AvgIpc) is 2.43. The number of nitrogens with zero attached hydrogens (tertiary/aromatic N) is 1. The molecule has 104 valence electrons. The Morgan fingerprint density at radius 3 is 2.80 bits per heavy atom. The lowest BCUT2D eigenvalue weighted by Gasteiger charge is -2.12. The molecule has 2 aromatic rings. The Hall–Kier alpha value is -1.60. The number of carbonyl (C=O) groups is 1. The molecule has 0 aliphatic heterocycles. The van der Waals surface area contributed by atoms with E-state index in [0.717, 1.165) is 14.6 Å². The Bertz CT molecular complexity index is 662. The predicted molar refractivity (Wildman–Crippen MR) is 85.1 cm³/mol. The lowest BCUT2D eigenvalue weighted by atomic mass is 10.2. The highest BCUT2D eigenvalue weighted by Gasteiger charge is 2.15. The van der Waals surface area contributed by atoms with Gasteiger partial charge in [0, 0.05) is 8.95 Å². The molecule has 0 spiro atoms. The number of nitrogens with one attached hydrogen (secondary N) is 1. The van der Waals surface area contributed by atoms with Crippen molar-refractivity contribution in [2.75, 3.05) is 18.2 Å². The average molecular weight is 401 g/mol. The van der Waals surface area contributed by atoms with Crippen molar-refractivity contribution in [3.63, 3.8) is 0 Å². The Kier molecular flexibility index (Phi) is 4.61. The smallest absolute Gasteiger partial charge is 0.341 e. The summed E-state index contributed by atoms with van der Waals surface area (Å²) in [5, 5.41) is 3.08. The molecule has 0 unspecified atom stereocenters. The van der Waals surface area contributed by atoms with Crippen molar-refractivity contribution < 1.29 is 9.53 Å². The molecule has 7 heteroatoms. The predicted octanol–water partition coefficient (Wildman–Crippen LogP) is 3.72. The summed E-state index contributed by atoms with van der Waals surface area (Å²) in [6, 6.07) is 7.16. The maximum absolute atomic E-state index is 11.7. The summed E-state index contributed by atoms with van der Waals surface area (Å²) in [7, 11) is 1.31. The van der Waals surface area contributed by atoms with Crippen LogP contribution in [0.5, 0.6) is 0 Å². The summed E-state index contributed by atoms with van der Waals surface area (Å²) in [4.78, 5) is 15.9. The highest BCUT2D eigenvalue weighted by molar-refractivity contribution is 9.11. The molecule has 0 atom stereocenters. The van der Waals surface area contributed by atoms with Crippen LogP contribution in [0.15, 0.2) is 39.4 Å². The zero-order chi connectivity index (χ0) is 14.7. The van der Waals surface area contributed by atoms with Gasteiger partial charge < -0.3 is 15.8 Å². The van der Waals surface area contributed by atoms with Crippen molar-refractivity contribution in [2.45, 2.75) is 0 Å². The number of benzene rings is 1. The first-order valence-electron chi connectivity index (χ1n) is 5.57. The van der Waals surface area contributed by atoms with Crippen LogP contribution in [0.1, 0.15) is 10.4 Å². The molecule has 2 rings (SSSR count). The van der Waals surface area contributed by atoms with Gasteiger partial charge in [-0.3, -0.25) is 0 Å². The van der Waals surface area contributed by atoms with Crippen LogP contribution >= 0.6 is 31.9 Å². The van der Waals surface area contributed by atoms with Crippen LogP contribution in [-0.4, -0.2) is 18.1 Å². The van der Waals surface area contributed by atoms with Gasteiger partial charge in [-0.05, 0) is 40.2 Å². The van der Waals surface area contributed by atoms with Crippen LogP contribution in [0, 0.1) is 0 Å². The van der Waals surface area contributed by atoms with Crippen LogP contribution in [0.25, 0.3) is 0 Å². The summed E-state index contributed by atoms with van der Waals surface area (Å²) in [6.07, 6.45) is 1.47. The highest BCUT2D eigenvalue weighted by Crippen LogP contribution is 2.30. The molecule has 1 aromatic heterocycles. The van der Waals surface area contributed by atoms with Crippen LogP contribution in [0.3, 0.4) is 0 Å². The monoisotopic (exact) mass is 399 g/mol. The fourth-order valence-corrected chi connectivity index (χ4v) is 2.27. The summed E-state index contributed by atoms with van der Waals surface area (Å²) in [6.45, 7) is 0. The molecule has 0 saturated carbocycles. The van der Waals surface area contributed by atoms with Crippen molar-refractivity contribution in [3.05, 3.63) is 45.0 Å². The number of esters is 1. The number of hydrogen-bond acceptors (Lipinski definition) is 5. The summed E-state index contributed by atoms with van der Waals surface area (Å²) < 4.78 is 6.47. The number of rotatable bonds is 3. The number of halogens is 2. The lowest BCUT2D eigenvalue weighted by Crippen LogP contribution is -2.08. The van der Waals surface area contributed by atoms with Crippen LogP contribution in [-0.2, 0) is 4.74 Å². The van der Waals surface area contributed by atoms with Gasteiger partial charge in [0.05, 0.1) is 24.7 Å². The molecule has 20 heavy (non-hydrogen) atoms. The molecule has 0 aliphatic rings. The number of carbonyl (C=O) groups excluding carboxylic acids is 1. The molecular weight excluding hydrogens is 390 g/mol. The minimum absolute atomic E-state index is 0.277. The Labute approximate surface area is 132 Å². The van der Waals surface area contributed by atoms with E-state index in [0.29, 0.717) is 11.5 Å². The van der Waals surface area contributed by atoms with Gasteiger partial charge in [0.15, 0.2) is 0 Å². The van der Waals surface area contributed by atoms with Gasteiger partial charge in [-0.2, -0.15) is 0 Å². The minimum Gasteiger partial charge on any atom is -0.465 e. The summed E-state index contributed by atoms with van der Waals surface area (Å²) in [5.41, 5.74) is 7.09. The van der Waals surface area contributed by atoms with E-state index in [-0.39, 0.29) is 5.56 Å². The molecule has 0 saturated heterocycles. The van der Waals surface area contributed by atoms with E-state index >= 15 is 0 Å². The molecule has 5 nitrogen and oxygen atoms in total. The van der Waals surface area contributed by atoms with Crippen LogP contribution in [0.2, 0.25) is 0 Å². The zero-order valence-corrected chi connectivity index (χ0v) is 13.7. The molecular formula is C13H11Br2N3O2. The number of methoxy groups -OCH3 is 1. The first-order chi connectivity index (χ1) is 9.51. The molecule has 1 heterocycles. The first-order valence-corrected chi connectivity index (χ1v) is 7.15. The van der Waals surface area contributed by atoms with E-state index in [1.165, 1.54) is 19.4 Å². The Morgan fingerprint density at radius 1 is 1.35 bits per heavy atom. The number of pyridine rings is 1. The van der Waals surface area contributed by atoms with Crippen molar-refractivity contribution in [2.24, 2.45) is 0 Å². The van der Waals surface area contributed by atoms with E-state index in [1.807, 2.05) is 18.2 Å². The maximum atomic E-state index is 11.7. The van der Waals surface area contributed by atoms with Crippen LogP contribution < -0.4 is 11.1 Å². The minimum atomic E-state index is -0.501. The number of nitrogens with two attached hydrogens (primary N) is 1. The lowest BCUT2D eigenvalue weighted by molar-refractivity contribution is 0.0601. The molecule has 0 aliphatic carbocycles. The van der Waals surface area contributed by atoms with E-state index in [2.05, 4.69) is 42.2 Å². The van der Waals surface area contributed by atoms with E-state index in [9.17, 15) is 4.79 Å². The van der Waals surface area contributed by atoms with Gasteiger partial charge in [0.1, 0.15) is 11.4 Å². The number of hydrogen-bond donors (Lipinski definition) is 2. The molecule has 0 amide bonds. The molecule has 1 aromatic carbocycles. The van der Waals surface area contributed by atoms with Gasteiger partial charge in [-0.25, -0.2) is 9.78 Å². The van der Waals surface area contributed by atoms with E-state index < -0.39 is 5.97 Å². The zero-order valence-electron chi connectivity index (χ0n) is 10.5. The Morgan fingerprint density at radius 2 is 2.10 bits per heavy atom. The molecule has 3 N–H and O–H groups in total. The van der Waals surface area contributed by atoms with Gasteiger partial charge in [-0.1, -0.05) is 15.9 Å². The van der Waals surface area contributed by atoms with Gasteiger partial charge >= 0.3 is 5.97 Å². The van der Waals surface area contributed by atoms with Crippen molar-refractivity contribution >= 4 is 55.0 Å². The quantitative estimate of drug-likeness (QED) is 0.767. The Balaban J connectivity index is 2.43. The SMILES string of the molecule is COC(=O)c1cc(N)cnc1Nc1cc(Br)ccc1Br. The second-order valence-electron chi connectivity index (χ2n) is 3.91. The standard InChI is InChI=1S/C13H11Br2N3O2/c1-20-13(19)9-5-8(16)6-17-12(9)18-11-4-7(14)2-3-10(11)15/h2-6H,16H2,1H3,(H,17,18). The molecule has 0 fully saturated rings. The second kappa shape index (κ2) is 6.23. The van der Waals surface area contributed by atoms with E-state index in [1.54, 1.807) is 0 Å². The number of nitrogen functional groups attached to an aromatic ring is 1. The van der Waals surface area contributed by atoms with Crippen molar-refractivity contribution in [3.8, 4) is 0 Å². The summed E-state index contributed by atoms with van der Waals surface area (Å²) >= 11 is 6.82. The molecule has 0 bridgehead atoms. The van der Waals surface area contributed by atoms with E-state index in [4.69, 9.17) is 10.5 Å². The molecule has 0 radical (unpaired) electrons. The number of anilines is 3. The third kappa shape index (κ3) is 3.29. The third-order valence-corrected chi connectivity index (χ3v) is 3.68. The fourth-order valence-electron chi connectivity index (χ4n) is 1.57. The number of ether oxygens (including phenoxy) is 1. The largest absolute Gasteiger partial charge is 0.465 e. The highest BCUT2D eigenvalue weighted by atomic mass is 79.9. The maximum Gasteiger partial charge on any atom is 0.341 e. The van der Waals surface area contributed by atoms with Crippen molar-refractivity contribution in [1.82, 2.24) is 4.98 Å². The normalized spacial score (nSPS) is 10.2. The number of aromatic nitrogens is 1. The summed E-state index contributed by atoms with van der Waals surface area (Å²) in [5.74, 6) is -0.122. The van der Waals surface area contributed by atoms with Crippen molar-refractivity contribution in [1.29, 1.82) is 0 Å². The topological polar surface area (TPSA) is 77.2 Å². The van der Waals surface area contributed by atoms with Gasteiger partial charge in [0.2, 0.25) is 0 Å². The first kappa shape index (κ1) is 14.8. The van der Waals surface area contributed by atoms with Crippen LogP contribution in [0.4, 0.5) is 17.2 Å². The third-order valence-electron chi connectivity index (χ3n) is 2.50. The van der Waals surface area contributed by atoms with Gasteiger partial charge in [0.25, 0.3) is 0 Å².